The van der Waals surface area contributed by atoms with Gasteiger partial charge in [-0.25, -0.2) is 18.1 Å². The van der Waals surface area contributed by atoms with Gasteiger partial charge in [0.15, 0.2) is 0 Å². The van der Waals surface area contributed by atoms with Crippen LogP contribution in [0.15, 0.2) is 35.4 Å². The normalized spacial score (nSPS) is 11.3. The van der Waals surface area contributed by atoms with Crippen LogP contribution in [-0.2, 0) is 14.8 Å². The summed E-state index contributed by atoms with van der Waals surface area (Å²) < 4.78 is 25.7. The third kappa shape index (κ3) is 4.59. The van der Waals surface area contributed by atoms with Crippen molar-refractivity contribution in [3.05, 3.63) is 47.2 Å². The largest absolute Gasteiger partial charge is 0.350 e. The first-order chi connectivity index (χ1) is 12.1. The number of likely N-dealkylation sites (N-methyl/N-ethyl adjacent to an activating group) is 1. The number of nitrogens with one attached hydrogen (secondary N) is 2. The fraction of sp³-hybridized carbons (Fsp3) is 0.333. The lowest BCUT2D eigenvalue weighted by Gasteiger charge is -2.19. The first-order valence-corrected chi connectivity index (χ1v) is 9.61. The lowest BCUT2D eigenvalue weighted by molar-refractivity contribution is -0.114. The van der Waals surface area contributed by atoms with E-state index in [1.165, 1.54) is 19.3 Å². The van der Waals surface area contributed by atoms with Gasteiger partial charge in [0.2, 0.25) is 15.9 Å². The molecule has 0 unspecified atom stereocenters. The number of sulfonamides is 1. The van der Waals surface area contributed by atoms with Crippen LogP contribution in [0.25, 0.3) is 0 Å². The zero-order valence-electron chi connectivity index (χ0n) is 15.6. The maximum absolute atomic E-state index is 12.4. The highest BCUT2D eigenvalue weighted by molar-refractivity contribution is 7.89. The molecule has 1 aromatic heterocycles. The summed E-state index contributed by atoms with van der Waals surface area (Å²) in [5, 5.41) is 2.94. The smallest absolute Gasteiger partial charge is 0.243 e. The lowest BCUT2D eigenvalue weighted by atomic mass is 10.1. The number of hydrogen-bond donors (Lipinski definition) is 2. The highest BCUT2D eigenvalue weighted by Gasteiger charge is 2.14. The number of hydrogen-bond acceptors (Lipinski definition) is 5. The SMILES string of the molecule is CNS(=O)(=O)c1ccc(N(C)CC(=O)Nc2c(C)cc(C)cc2C)nc1. The third-order valence-electron chi connectivity index (χ3n) is 4.01. The van der Waals surface area contributed by atoms with E-state index in [1.807, 2.05) is 32.9 Å². The minimum atomic E-state index is -3.53. The van der Waals surface area contributed by atoms with Crippen molar-refractivity contribution in [3.63, 3.8) is 0 Å². The molecule has 1 aromatic carbocycles. The van der Waals surface area contributed by atoms with Gasteiger partial charge in [-0.2, -0.15) is 0 Å². The van der Waals surface area contributed by atoms with Gasteiger partial charge in [0.25, 0.3) is 0 Å². The van der Waals surface area contributed by atoms with Crippen LogP contribution in [0.3, 0.4) is 0 Å². The minimum Gasteiger partial charge on any atom is -0.350 e. The Kier molecular flexibility index (Phi) is 5.99. The summed E-state index contributed by atoms with van der Waals surface area (Å²) in [6.45, 7) is 6.03. The molecule has 0 fully saturated rings. The van der Waals surface area contributed by atoms with Crippen molar-refractivity contribution >= 4 is 27.4 Å². The van der Waals surface area contributed by atoms with Crippen molar-refractivity contribution in [1.82, 2.24) is 9.71 Å². The molecule has 0 bridgehead atoms. The van der Waals surface area contributed by atoms with Crippen molar-refractivity contribution in [2.45, 2.75) is 25.7 Å². The maximum Gasteiger partial charge on any atom is 0.243 e. The van der Waals surface area contributed by atoms with Gasteiger partial charge in [-0.05, 0) is 51.1 Å². The molecule has 8 heteroatoms. The molecule has 26 heavy (non-hydrogen) atoms. The molecule has 1 heterocycles. The average Bonchev–Trinajstić information content (AvgIpc) is 2.58. The zero-order chi connectivity index (χ0) is 19.5. The number of carbonyl (C=O) groups excluding carboxylic acids is 1. The predicted octanol–water partition coefficient (Wildman–Crippen LogP) is 1.99. The molecule has 0 aliphatic carbocycles. The van der Waals surface area contributed by atoms with Crippen molar-refractivity contribution < 1.29 is 13.2 Å². The summed E-state index contributed by atoms with van der Waals surface area (Å²) in [5.41, 5.74) is 3.99. The van der Waals surface area contributed by atoms with Gasteiger partial charge in [0.1, 0.15) is 10.7 Å². The molecular formula is C18H24N4O3S. The summed E-state index contributed by atoms with van der Waals surface area (Å²) in [5.74, 6) is 0.337. The van der Waals surface area contributed by atoms with Crippen molar-refractivity contribution in [3.8, 4) is 0 Å². The molecule has 0 spiro atoms. The number of amides is 1. The van der Waals surface area contributed by atoms with Crippen molar-refractivity contribution in [2.75, 3.05) is 30.9 Å². The monoisotopic (exact) mass is 376 g/mol. The van der Waals surface area contributed by atoms with Crippen LogP contribution < -0.4 is 14.9 Å². The molecule has 0 atom stereocenters. The lowest BCUT2D eigenvalue weighted by Crippen LogP contribution is -2.31. The Hall–Kier alpha value is -2.45. The van der Waals surface area contributed by atoms with Crippen LogP contribution in [0.2, 0.25) is 0 Å². The van der Waals surface area contributed by atoms with E-state index in [0.717, 1.165) is 22.4 Å². The van der Waals surface area contributed by atoms with Crippen LogP contribution >= 0.6 is 0 Å². The molecule has 2 aromatic rings. The van der Waals surface area contributed by atoms with Crippen LogP contribution in [0, 0.1) is 20.8 Å². The molecule has 2 rings (SSSR count). The number of carbonyl (C=O) groups is 1. The molecule has 140 valence electrons. The first kappa shape index (κ1) is 19.9. The predicted molar refractivity (Wildman–Crippen MR) is 103 cm³/mol. The molecule has 7 nitrogen and oxygen atoms in total. The standard InChI is InChI=1S/C18H24N4O3S/c1-12-8-13(2)18(14(3)9-12)21-17(23)11-22(5)16-7-6-15(10-20-16)26(24,25)19-4/h6-10,19H,11H2,1-5H3,(H,21,23). The number of aryl methyl sites for hydroxylation is 3. The Morgan fingerprint density at radius 3 is 2.27 bits per heavy atom. The van der Waals surface area contributed by atoms with Crippen molar-refractivity contribution in [1.29, 1.82) is 0 Å². The van der Waals surface area contributed by atoms with Gasteiger partial charge in [0, 0.05) is 18.9 Å². The van der Waals surface area contributed by atoms with E-state index >= 15 is 0 Å². The Morgan fingerprint density at radius 2 is 1.77 bits per heavy atom. The van der Waals surface area contributed by atoms with Gasteiger partial charge in [-0.3, -0.25) is 4.79 Å². The second-order valence-corrected chi connectivity index (χ2v) is 8.12. The Morgan fingerprint density at radius 1 is 1.15 bits per heavy atom. The summed E-state index contributed by atoms with van der Waals surface area (Å²) in [6, 6.07) is 7.07. The fourth-order valence-corrected chi connectivity index (χ4v) is 3.40. The summed E-state index contributed by atoms with van der Waals surface area (Å²) in [7, 11) is -0.461. The van der Waals surface area contributed by atoms with E-state index in [9.17, 15) is 13.2 Å². The second kappa shape index (κ2) is 7.84. The zero-order valence-corrected chi connectivity index (χ0v) is 16.4. The minimum absolute atomic E-state index is 0.0764. The third-order valence-corrected chi connectivity index (χ3v) is 5.41. The average molecular weight is 376 g/mol. The van der Waals surface area contributed by atoms with E-state index in [-0.39, 0.29) is 17.3 Å². The van der Waals surface area contributed by atoms with Crippen LogP contribution in [0.4, 0.5) is 11.5 Å². The number of aromatic nitrogens is 1. The van der Waals surface area contributed by atoms with Gasteiger partial charge in [-0.1, -0.05) is 17.7 Å². The van der Waals surface area contributed by atoms with E-state index in [4.69, 9.17) is 0 Å². The van der Waals surface area contributed by atoms with E-state index < -0.39 is 10.0 Å². The number of rotatable bonds is 6. The van der Waals surface area contributed by atoms with E-state index in [1.54, 1.807) is 18.0 Å². The van der Waals surface area contributed by atoms with Crippen LogP contribution in [-0.4, -0.2) is 39.9 Å². The molecule has 0 radical (unpaired) electrons. The molecule has 0 aliphatic heterocycles. The van der Waals surface area contributed by atoms with Gasteiger partial charge in [-0.15, -0.1) is 0 Å². The van der Waals surface area contributed by atoms with Gasteiger partial charge < -0.3 is 10.2 Å². The molecule has 0 saturated heterocycles. The Labute approximate surface area is 154 Å². The molecule has 0 saturated carbocycles. The number of pyridine rings is 1. The molecular weight excluding hydrogens is 352 g/mol. The second-order valence-electron chi connectivity index (χ2n) is 6.24. The van der Waals surface area contributed by atoms with Crippen LogP contribution in [0.1, 0.15) is 16.7 Å². The first-order valence-electron chi connectivity index (χ1n) is 8.12. The van der Waals surface area contributed by atoms with Gasteiger partial charge >= 0.3 is 0 Å². The molecule has 0 aliphatic rings. The van der Waals surface area contributed by atoms with E-state index in [0.29, 0.717) is 5.82 Å². The summed E-state index contributed by atoms with van der Waals surface area (Å²) in [6.07, 6.45) is 1.27. The number of benzene rings is 1. The molecule has 2 N–H and O–H groups in total. The number of nitrogens with zero attached hydrogens (tertiary/aromatic N) is 2. The van der Waals surface area contributed by atoms with E-state index in [2.05, 4.69) is 15.0 Å². The summed E-state index contributed by atoms with van der Waals surface area (Å²) in [4.78, 5) is 18.2. The molecule has 1 amide bonds. The van der Waals surface area contributed by atoms with Gasteiger partial charge in [0.05, 0.1) is 6.54 Å². The summed E-state index contributed by atoms with van der Waals surface area (Å²) >= 11 is 0. The number of anilines is 2. The fourth-order valence-electron chi connectivity index (χ4n) is 2.73. The maximum atomic E-state index is 12.4. The highest BCUT2D eigenvalue weighted by Crippen LogP contribution is 2.22. The Balaban J connectivity index is 2.08. The quantitative estimate of drug-likeness (QED) is 0.804. The highest BCUT2D eigenvalue weighted by atomic mass is 32.2. The Bertz CT molecular complexity index is 886. The van der Waals surface area contributed by atoms with Crippen molar-refractivity contribution in [2.24, 2.45) is 0 Å². The van der Waals surface area contributed by atoms with Crippen LogP contribution in [0.5, 0.6) is 0 Å². The topological polar surface area (TPSA) is 91.4 Å².